The number of hydrogen-bond donors (Lipinski definition) is 1. The Morgan fingerprint density at radius 1 is 1.47 bits per heavy atom. The summed E-state index contributed by atoms with van der Waals surface area (Å²) in [5.41, 5.74) is 7.93. The van der Waals surface area contributed by atoms with Crippen molar-refractivity contribution in [2.75, 3.05) is 5.73 Å². The summed E-state index contributed by atoms with van der Waals surface area (Å²) >= 11 is 1.52. The second-order valence-corrected chi connectivity index (χ2v) is 4.86. The van der Waals surface area contributed by atoms with Gasteiger partial charge in [-0.2, -0.15) is 5.10 Å². The molecule has 15 heavy (non-hydrogen) atoms. The summed E-state index contributed by atoms with van der Waals surface area (Å²) in [7, 11) is 1.89. The fraction of sp³-hybridized carbons (Fsp3) is 0.400. The van der Waals surface area contributed by atoms with Crippen LogP contribution < -0.4 is 5.73 Å². The summed E-state index contributed by atoms with van der Waals surface area (Å²) in [5.74, 6) is 0.367. The number of aryl methyl sites for hydroxylation is 1. The molecule has 0 bridgehead atoms. The van der Waals surface area contributed by atoms with Gasteiger partial charge in [-0.1, -0.05) is 25.2 Å². The molecular weight excluding hydrogens is 208 g/mol. The van der Waals surface area contributed by atoms with Crippen molar-refractivity contribution >= 4 is 16.3 Å². The van der Waals surface area contributed by atoms with E-state index in [4.69, 9.17) is 5.73 Å². The van der Waals surface area contributed by atoms with Crippen LogP contribution in [0.15, 0.2) is 12.4 Å². The van der Waals surface area contributed by atoms with Crippen LogP contribution in [0.3, 0.4) is 0 Å². The molecule has 0 radical (unpaired) electrons. The van der Waals surface area contributed by atoms with Crippen LogP contribution in [0.25, 0.3) is 10.6 Å². The van der Waals surface area contributed by atoms with E-state index in [1.54, 1.807) is 4.68 Å². The maximum absolute atomic E-state index is 5.92. The number of nitrogens with two attached hydrogens (primary N) is 1. The maximum atomic E-state index is 5.92. The standard InChI is InChI=1S/C10H14N4S/c1-6(2)8-9(11)15-10(13-8)7-4-12-14(3)5-7/h4-6H,11H2,1-3H3. The lowest BCUT2D eigenvalue weighted by molar-refractivity contribution is 0.768. The van der Waals surface area contributed by atoms with Crippen molar-refractivity contribution in [2.24, 2.45) is 7.05 Å². The summed E-state index contributed by atoms with van der Waals surface area (Å²) in [5, 5.41) is 5.88. The molecule has 2 rings (SSSR count). The predicted molar refractivity (Wildman–Crippen MR) is 62.8 cm³/mol. The van der Waals surface area contributed by atoms with Gasteiger partial charge in [0.05, 0.1) is 11.9 Å². The molecule has 0 amide bonds. The van der Waals surface area contributed by atoms with Crippen LogP contribution in [-0.4, -0.2) is 14.8 Å². The fourth-order valence-electron chi connectivity index (χ4n) is 1.41. The summed E-state index contributed by atoms with van der Waals surface area (Å²) < 4.78 is 1.77. The molecular formula is C10H14N4S. The van der Waals surface area contributed by atoms with E-state index in [1.807, 2.05) is 19.4 Å². The van der Waals surface area contributed by atoms with E-state index in [2.05, 4.69) is 23.9 Å². The third-order valence-electron chi connectivity index (χ3n) is 2.18. The Morgan fingerprint density at radius 2 is 2.20 bits per heavy atom. The number of nitrogens with zero attached hydrogens (tertiary/aromatic N) is 3. The predicted octanol–water partition coefficient (Wildman–Crippen LogP) is 2.25. The van der Waals surface area contributed by atoms with E-state index < -0.39 is 0 Å². The lowest BCUT2D eigenvalue weighted by Crippen LogP contribution is -1.92. The van der Waals surface area contributed by atoms with Gasteiger partial charge in [0.15, 0.2) is 0 Å². The highest BCUT2D eigenvalue weighted by Gasteiger charge is 2.13. The number of rotatable bonds is 2. The molecule has 2 aromatic rings. The van der Waals surface area contributed by atoms with Gasteiger partial charge in [0.25, 0.3) is 0 Å². The van der Waals surface area contributed by atoms with Crippen LogP contribution >= 0.6 is 11.3 Å². The maximum Gasteiger partial charge on any atom is 0.128 e. The molecule has 2 N–H and O–H groups in total. The SMILES string of the molecule is CC(C)c1nc(-c2cnn(C)c2)sc1N. The minimum atomic E-state index is 0.367. The molecule has 2 aromatic heterocycles. The Kier molecular flexibility index (Phi) is 2.48. The molecule has 0 atom stereocenters. The van der Waals surface area contributed by atoms with E-state index in [1.165, 1.54) is 11.3 Å². The molecule has 2 heterocycles. The topological polar surface area (TPSA) is 56.7 Å². The van der Waals surface area contributed by atoms with Crippen molar-refractivity contribution in [1.29, 1.82) is 0 Å². The first-order valence-electron chi connectivity index (χ1n) is 4.83. The number of hydrogen-bond acceptors (Lipinski definition) is 4. The zero-order chi connectivity index (χ0) is 11.0. The van der Waals surface area contributed by atoms with Gasteiger partial charge in [-0.15, -0.1) is 0 Å². The number of nitrogen functional groups attached to an aromatic ring is 1. The zero-order valence-electron chi connectivity index (χ0n) is 9.06. The van der Waals surface area contributed by atoms with Gasteiger partial charge in [-0.25, -0.2) is 4.98 Å². The van der Waals surface area contributed by atoms with Gasteiger partial charge in [0.2, 0.25) is 0 Å². The average Bonchev–Trinajstić information content (AvgIpc) is 2.71. The minimum absolute atomic E-state index is 0.367. The normalized spacial score (nSPS) is 11.2. The minimum Gasteiger partial charge on any atom is -0.389 e. The first kappa shape index (κ1) is 10.2. The van der Waals surface area contributed by atoms with E-state index in [9.17, 15) is 0 Å². The van der Waals surface area contributed by atoms with E-state index in [0.717, 1.165) is 21.3 Å². The molecule has 0 aliphatic carbocycles. The Labute approximate surface area is 92.8 Å². The molecule has 0 fully saturated rings. The van der Waals surface area contributed by atoms with Gasteiger partial charge < -0.3 is 5.73 Å². The van der Waals surface area contributed by atoms with Crippen molar-refractivity contribution in [2.45, 2.75) is 19.8 Å². The van der Waals surface area contributed by atoms with Crippen LogP contribution in [0.4, 0.5) is 5.00 Å². The van der Waals surface area contributed by atoms with Crippen molar-refractivity contribution in [3.63, 3.8) is 0 Å². The molecule has 0 saturated carbocycles. The Balaban J connectivity index is 2.42. The van der Waals surface area contributed by atoms with Crippen LogP contribution in [0, 0.1) is 0 Å². The number of thiazole rings is 1. The largest absolute Gasteiger partial charge is 0.389 e. The summed E-state index contributed by atoms with van der Waals surface area (Å²) in [6.07, 6.45) is 3.75. The van der Waals surface area contributed by atoms with Gasteiger partial charge in [0, 0.05) is 18.8 Å². The van der Waals surface area contributed by atoms with Gasteiger partial charge in [-0.05, 0) is 5.92 Å². The van der Waals surface area contributed by atoms with Crippen LogP contribution in [0.2, 0.25) is 0 Å². The molecule has 0 unspecified atom stereocenters. The number of anilines is 1. The van der Waals surface area contributed by atoms with Crippen molar-refractivity contribution < 1.29 is 0 Å². The monoisotopic (exact) mass is 222 g/mol. The molecule has 5 heteroatoms. The average molecular weight is 222 g/mol. The van der Waals surface area contributed by atoms with Gasteiger partial charge in [0.1, 0.15) is 10.0 Å². The molecule has 0 aromatic carbocycles. The molecule has 0 spiro atoms. The van der Waals surface area contributed by atoms with E-state index >= 15 is 0 Å². The molecule has 0 saturated heterocycles. The summed E-state index contributed by atoms with van der Waals surface area (Å²) in [6.45, 7) is 4.19. The highest BCUT2D eigenvalue weighted by Crippen LogP contribution is 2.33. The smallest absolute Gasteiger partial charge is 0.128 e. The lowest BCUT2D eigenvalue weighted by Gasteiger charge is -1.99. The van der Waals surface area contributed by atoms with E-state index in [-0.39, 0.29) is 0 Å². The Morgan fingerprint density at radius 3 is 2.67 bits per heavy atom. The zero-order valence-corrected chi connectivity index (χ0v) is 9.88. The van der Waals surface area contributed by atoms with Crippen molar-refractivity contribution in [3.05, 3.63) is 18.1 Å². The molecule has 80 valence electrons. The quantitative estimate of drug-likeness (QED) is 0.847. The van der Waals surface area contributed by atoms with Crippen LogP contribution in [0.1, 0.15) is 25.5 Å². The third kappa shape index (κ3) is 1.87. The molecule has 4 nitrogen and oxygen atoms in total. The lowest BCUT2D eigenvalue weighted by atomic mass is 10.1. The fourth-order valence-corrected chi connectivity index (χ4v) is 2.37. The van der Waals surface area contributed by atoms with Crippen molar-refractivity contribution in [1.82, 2.24) is 14.8 Å². The first-order chi connectivity index (χ1) is 7.08. The van der Waals surface area contributed by atoms with Crippen LogP contribution in [0.5, 0.6) is 0 Å². The van der Waals surface area contributed by atoms with Gasteiger partial charge in [-0.3, -0.25) is 4.68 Å². The highest BCUT2D eigenvalue weighted by molar-refractivity contribution is 7.18. The van der Waals surface area contributed by atoms with E-state index in [0.29, 0.717) is 5.92 Å². The second kappa shape index (κ2) is 3.66. The first-order valence-corrected chi connectivity index (χ1v) is 5.64. The Hall–Kier alpha value is -1.36. The Bertz CT molecular complexity index is 469. The molecule has 0 aliphatic rings. The number of aromatic nitrogens is 3. The van der Waals surface area contributed by atoms with Crippen LogP contribution in [-0.2, 0) is 7.05 Å². The third-order valence-corrected chi connectivity index (χ3v) is 3.13. The summed E-state index contributed by atoms with van der Waals surface area (Å²) in [4.78, 5) is 4.53. The summed E-state index contributed by atoms with van der Waals surface area (Å²) in [6, 6.07) is 0. The van der Waals surface area contributed by atoms with Crippen molar-refractivity contribution in [3.8, 4) is 10.6 Å². The molecule has 0 aliphatic heterocycles. The highest BCUT2D eigenvalue weighted by atomic mass is 32.1. The second-order valence-electron chi connectivity index (χ2n) is 3.83. The van der Waals surface area contributed by atoms with Gasteiger partial charge >= 0.3 is 0 Å².